The van der Waals surface area contributed by atoms with Crippen LogP contribution >= 0.6 is 15.9 Å². The molecule has 0 radical (unpaired) electrons. The first-order valence-corrected chi connectivity index (χ1v) is 9.95. The molecular formula is C22H25BrN2O2. The van der Waals surface area contributed by atoms with Gasteiger partial charge >= 0.3 is 0 Å². The average molecular weight is 429 g/mol. The van der Waals surface area contributed by atoms with E-state index in [1.807, 2.05) is 48.5 Å². The molecule has 2 rings (SSSR count). The van der Waals surface area contributed by atoms with Crippen LogP contribution < -0.4 is 4.74 Å². The number of amides is 1. The molecule has 0 aromatic heterocycles. The van der Waals surface area contributed by atoms with Crippen molar-refractivity contribution in [3.8, 4) is 11.8 Å². The van der Waals surface area contributed by atoms with Crippen molar-refractivity contribution in [1.29, 1.82) is 5.26 Å². The Labute approximate surface area is 169 Å². The zero-order valence-electron chi connectivity index (χ0n) is 15.8. The molecule has 2 aromatic carbocycles. The third-order valence-electron chi connectivity index (χ3n) is 4.55. The molecule has 27 heavy (non-hydrogen) atoms. The summed E-state index contributed by atoms with van der Waals surface area (Å²) in [5, 5.41) is 8.87. The summed E-state index contributed by atoms with van der Waals surface area (Å²) in [5.74, 6) is 0.992. The molecule has 5 heteroatoms. The first kappa shape index (κ1) is 21.0. The van der Waals surface area contributed by atoms with Crippen LogP contribution in [0.1, 0.15) is 43.7 Å². The zero-order chi connectivity index (χ0) is 19.6. The molecule has 142 valence electrons. The molecule has 0 heterocycles. The highest BCUT2D eigenvalue weighted by Crippen LogP contribution is 2.30. The molecular weight excluding hydrogens is 404 g/mol. The number of rotatable bonds is 9. The molecule has 0 saturated heterocycles. The number of hydrogen-bond acceptors (Lipinski definition) is 3. The van der Waals surface area contributed by atoms with Crippen LogP contribution in [0.5, 0.6) is 5.75 Å². The van der Waals surface area contributed by atoms with E-state index >= 15 is 0 Å². The molecule has 1 amide bonds. The highest BCUT2D eigenvalue weighted by Gasteiger charge is 2.16. The van der Waals surface area contributed by atoms with Gasteiger partial charge in [0, 0.05) is 13.1 Å². The first-order valence-electron chi connectivity index (χ1n) is 9.16. The lowest BCUT2D eigenvalue weighted by atomic mass is 9.99. The van der Waals surface area contributed by atoms with E-state index in [0.29, 0.717) is 31.2 Å². The molecule has 2 aromatic rings. The van der Waals surface area contributed by atoms with Gasteiger partial charge in [0.25, 0.3) is 5.91 Å². The van der Waals surface area contributed by atoms with Gasteiger partial charge in [0.1, 0.15) is 5.75 Å². The maximum atomic E-state index is 12.6. The highest BCUT2D eigenvalue weighted by atomic mass is 79.9. The van der Waals surface area contributed by atoms with Crippen molar-refractivity contribution >= 4 is 21.8 Å². The number of hydrogen-bond donors (Lipinski definition) is 0. The summed E-state index contributed by atoms with van der Waals surface area (Å²) in [7, 11) is 0. The minimum atomic E-state index is -0.132. The summed E-state index contributed by atoms with van der Waals surface area (Å²) in [6, 6.07) is 17.8. The van der Waals surface area contributed by atoms with Gasteiger partial charge in [-0.05, 0) is 51.5 Å². The second kappa shape index (κ2) is 10.7. The first-order chi connectivity index (χ1) is 13.0. The normalized spacial score (nSPS) is 11.5. The smallest absolute Gasteiger partial charge is 0.260 e. The largest absolute Gasteiger partial charge is 0.483 e. The second-order valence-corrected chi connectivity index (χ2v) is 7.35. The number of carbonyl (C=O) groups is 1. The van der Waals surface area contributed by atoms with Crippen molar-refractivity contribution in [1.82, 2.24) is 4.90 Å². The average Bonchev–Trinajstić information content (AvgIpc) is 2.70. The van der Waals surface area contributed by atoms with Crippen LogP contribution in [0.25, 0.3) is 0 Å². The topological polar surface area (TPSA) is 53.3 Å². The maximum absolute atomic E-state index is 12.6. The molecule has 0 bridgehead atoms. The van der Waals surface area contributed by atoms with E-state index in [1.54, 1.807) is 4.90 Å². The number of benzene rings is 2. The molecule has 1 atom stereocenters. The van der Waals surface area contributed by atoms with Gasteiger partial charge in [-0.2, -0.15) is 5.26 Å². The maximum Gasteiger partial charge on any atom is 0.260 e. The Morgan fingerprint density at radius 2 is 2.00 bits per heavy atom. The molecule has 0 fully saturated rings. The molecule has 1 unspecified atom stereocenters. The number of nitrogens with zero attached hydrogens (tertiary/aromatic N) is 2. The number of ether oxygens (including phenoxy) is 1. The molecule has 0 aliphatic carbocycles. The number of nitriles is 1. The van der Waals surface area contributed by atoms with E-state index in [1.165, 1.54) is 5.56 Å². The van der Waals surface area contributed by atoms with Crippen molar-refractivity contribution in [2.45, 2.75) is 39.2 Å². The fraction of sp³-hybridized carbons (Fsp3) is 0.364. The second-order valence-electron chi connectivity index (χ2n) is 6.50. The van der Waals surface area contributed by atoms with Crippen LogP contribution in [0.15, 0.2) is 53.0 Å². The van der Waals surface area contributed by atoms with Gasteiger partial charge in [-0.3, -0.25) is 4.79 Å². The molecule has 0 aliphatic rings. The molecule has 0 spiro atoms. The van der Waals surface area contributed by atoms with Crippen LogP contribution in [-0.2, 0) is 11.3 Å². The molecule has 0 N–H and O–H groups in total. The minimum absolute atomic E-state index is 0.0560. The summed E-state index contributed by atoms with van der Waals surface area (Å²) in [6.45, 7) is 5.15. The van der Waals surface area contributed by atoms with Crippen molar-refractivity contribution in [2.24, 2.45) is 0 Å². The minimum Gasteiger partial charge on any atom is -0.483 e. The molecule has 4 nitrogen and oxygen atoms in total. The number of carbonyl (C=O) groups excluding carboxylic acids is 1. The van der Waals surface area contributed by atoms with Gasteiger partial charge in [0.15, 0.2) is 6.61 Å². The van der Waals surface area contributed by atoms with Crippen LogP contribution in [-0.4, -0.2) is 24.0 Å². The van der Waals surface area contributed by atoms with Gasteiger partial charge in [-0.25, -0.2) is 0 Å². The predicted octanol–water partition coefficient (Wildman–Crippen LogP) is 5.28. The Balaban J connectivity index is 2.01. The fourth-order valence-corrected chi connectivity index (χ4v) is 3.20. The van der Waals surface area contributed by atoms with E-state index in [2.05, 4.69) is 35.8 Å². The Morgan fingerprint density at radius 3 is 2.63 bits per heavy atom. The van der Waals surface area contributed by atoms with Gasteiger partial charge in [0.2, 0.25) is 0 Å². The summed E-state index contributed by atoms with van der Waals surface area (Å²) in [5.41, 5.74) is 2.27. The summed E-state index contributed by atoms with van der Waals surface area (Å²) >= 11 is 3.53. The van der Waals surface area contributed by atoms with E-state index in [4.69, 9.17) is 10.00 Å². The molecule has 0 saturated carbocycles. The van der Waals surface area contributed by atoms with E-state index in [9.17, 15) is 4.79 Å². The SMILES string of the molecule is CCC(C)c1ccc(OCC(=O)N(CCC#N)Cc2ccccc2)c(Br)c1. The molecule has 0 aliphatic heterocycles. The standard InChI is InChI=1S/C22H25BrN2O2/c1-3-17(2)19-10-11-21(20(23)14-19)27-16-22(26)25(13-7-12-24)15-18-8-5-4-6-9-18/h4-6,8-11,14,17H,3,7,13,15-16H2,1-2H3. The summed E-state index contributed by atoms with van der Waals surface area (Å²) in [6.07, 6.45) is 1.37. The van der Waals surface area contributed by atoms with E-state index in [0.717, 1.165) is 16.5 Å². The van der Waals surface area contributed by atoms with Gasteiger partial charge in [-0.1, -0.05) is 50.2 Å². The lowest BCUT2D eigenvalue weighted by molar-refractivity contribution is -0.133. The van der Waals surface area contributed by atoms with Crippen LogP contribution in [0.3, 0.4) is 0 Å². The fourth-order valence-electron chi connectivity index (χ4n) is 2.69. The van der Waals surface area contributed by atoms with Crippen LogP contribution in [0.4, 0.5) is 0 Å². The lowest BCUT2D eigenvalue weighted by Crippen LogP contribution is -2.35. The monoisotopic (exact) mass is 428 g/mol. The third-order valence-corrected chi connectivity index (χ3v) is 5.17. The highest BCUT2D eigenvalue weighted by molar-refractivity contribution is 9.10. The Morgan fingerprint density at radius 1 is 1.26 bits per heavy atom. The van der Waals surface area contributed by atoms with Gasteiger partial charge in [0.05, 0.1) is 17.0 Å². The Kier molecular flexibility index (Phi) is 8.35. The van der Waals surface area contributed by atoms with Gasteiger partial charge < -0.3 is 9.64 Å². The quantitative estimate of drug-likeness (QED) is 0.545. The van der Waals surface area contributed by atoms with Crippen molar-refractivity contribution in [3.63, 3.8) is 0 Å². The lowest BCUT2D eigenvalue weighted by Gasteiger charge is -2.22. The predicted molar refractivity (Wildman–Crippen MR) is 110 cm³/mol. The van der Waals surface area contributed by atoms with Crippen molar-refractivity contribution < 1.29 is 9.53 Å². The zero-order valence-corrected chi connectivity index (χ0v) is 17.4. The Hall–Kier alpha value is -2.32. The number of halogens is 1. The van der Waals surface area contributed by atoms with Crippen molar-refractivity contribution in [3.05, 3.63) is 64.1 Å². The third kappa shape index (κ3) is 6.41. The van der Waals surface area contributed by atoms with Crippen LogP contribution in [0.2, 0.25) is 0 Å². The van der Waals surface area contributed by atoms with E-state index in [-0.39, 0.29) is 12.5 Å². The summed E-state index contributed by atoms with van der Waals surface area (Å²) in [4.78, 5) is 14.3. The van der Waals surface area contributed by atoms with Crippen molar-refractivity contribution in [2.75, 3.05) is 13.2 Å². The Bertz CT molecular complexity index is 787. The van der Waals surface area contributed by atoms with Gasteiger partial charge in [-0.15, -0.1) is 0 Å². The summed E-state index contributed by atoms with van der Waals surface area (Å²) < 4.78 is 6.59. The van der Waals surface area contributed by atoms with Crippen LogP contribution in [0, 0.1) is 11.3 Å². The van der Waals surface area contributed by atoms with E-state index < -0.39 is 0 Å².